The molecular weight excluding hydrogens is 180 g/mol. The molecule has 0 aromatic carbocycles. The van der Waals surface area contributed by atoms with Crippen molar-refractivity contribution in [3.63, 3.8) is 0 Å². The van der Waals surface area contributed by atoms with Crippen LogP contribution in [0.4, 0.5) is 0 Å². The van der Waals surface area contributed by atoms with Crippen LogP contribution in [0.25, 0.3) is 0 Å². The van der Waals surface area contributed by atoms with Gasteiger partial charge in [-0.25, -0.2) is 0 Å². The van der Waals surface area contributed by atoms with Crippen molar-refractivity contribution < 1.29 is 14.7 Å². The number of carbonyl (C=O) groups is 1. The summed E-state index contributed by atoms with van der Waals surface area (Å²) in [6, 6.07) is -0.683. The number of aliphatic carboxylic acids is 1. The molecule has 1 aliphatic rings. The molecule has 0 spiro atoms. The monoisotopic (exact) mass is 194 g/mol. The molecule has 0 bridgehead atoms. The Morgan fingerprint density at radius 3 is 2.67 bits per heavy atom. The zero-order valence-electron chi connectivity index (χ0n) is 6.95. The van der Waals surface area contributed by atoms with Gasteiger partial charge >= 0.3 is 5.97 Å². The van der Waals surface area contributed by atoms with Crippen LogP contribution in [0.1, 0.15) is 6.42 Å². The SMILES string of the molecule is C1NO1.CSCCC(N)C(=O)O. The van der Waals surface area contributed by atoms with Crippen LogP contribution >= 0.6 is 11.8 Å². The Labute approximate surface area is 75.6 Å². The lowest BCUT2D eigenvalue weighted by Crippen LogP contribution is -2.30. The molecular formula is C6H14N2O3S. The fourth-order valence-corrected chi connectivity index (χ4v) is 0.858. The van der Waals surface area contributed by atoms with Crippen LogP contribution in [-0.4, -0.2) is 35.9 Å². The highest BCUT2D eigenvalue weighted by Crippen LogP contribution is 1.97. The van der Waals surface area contributed by atoms with Crippen molar-refractivity contribution in [2.24, 2.45) is 5.73 Å². The summed E-state index contributed by atoms with van der Waals surface area (Å²) in [4.78, 5) is 14.3. The minimum absolute atomic E-state index is 0.552. The summed E-state index contributed by atoms with van der Waals surface area (Å²) in [5.41, 5.74) is 7.69. The van der Waals surface area contributed by atoms with Crippen molar-refractivity contribution in [1.29, 1.82) is 0 Å². The summed E-state index contributed by atoms with van der Waals surface area (Å²) >= 11 is 1.60. The number of hydrogen-bond donors (Lipinski definition) is 3. The smallest absolute Gasteiger partial charge is 0.320 e. The molecule has 6 heteroatoms. The van der Waals surface area contributed by atoms with Gasteiger partial charge in [0.2, 0.25) is 0 Å². The summed E-state index contributed by atoms with van der Waals surface area (Å²) in [6.45, 7) is 0.750. The number of rotatable bonds is 4. The molecule has 4 N–H and O–H groups in total. The summed E-state index contributed by atoms with van der Waals surface area (Å²) < 4.78 is 0. The lowest BCUT2D eigenvalue weighted by atomic mass is 10.2. The third kappa shape index (κ3) is 9.70. The normalized spacial score (nSPS) is 15.8. The molecule has 1 saturated heterocycles. The lowest BCUT2D eigenvalue weighted by Gasteiger charge is -2.02. The van der Waals surface area contributed by atoms with Crippen molar-refractivity contribution in [1.82, 2.24) is 5.48 Å². The van der Waals surface area contributed by atoms with E-state index < -0.39 is 12.0 Å². The number of thioether (sulfide) groups is 1. The second-order valence-corrected chi connectivity index (χ2v) is 3.14. The average Bonchev–Trinajstić information content (AvgIpc) is 2.85. The number of hydroxylamine groups is 1. The summed E-state index contributed by atoms with van der Waals surface area (Å²) in [7, 11) is 0. The highest BCUT2D eigenvalue weighted by Gasteiger charge is 2.08. The first kappa shape index (κ1) is 11.7. The number of hydrogen-bond acceptors (Lipinski definition) is 5. The van der Waals surface area contributed by atoms with Crippen LogP contribution in [0.2, 0.25) is 0 Å². The Morgan fingerprint density at radius 1 is 1.92 bits per heavy atom. The molecule has 0 aromatic rings. The molecule has 0 radical (unpaired) electrons. The second-order valence-electron chi connectivity index (χ2n) is 2.16. The van der Waals surface area contributed by atoms with E-state index in [4.69, 9.17) is 10.8 Å². The van der Waals surface area contributed by atoms with E-state index in [1.165, 1.54) is 0 Å². The van der Waals surface area contributed by atoms with E-state index >= 15 is 0 Å². The maximum Gasteiger partial charge on any atom is 0.320 e. The van der Waals surface area contributed by atoms with Gasteiger partial charge in [-0.15, -0.1) is 0 Å². The van der Waals surface area contributed by atoms with E-state index in [2.05, 4.69) is 10.3 Å². The van der Waals surface area contributed by atoms with Gasteiger partial charge in [0.25, 0.3) is 0 Å². The Hall–Kier alpha value is -0.300. The zero-order chi connectivity index (χ0) is 9.40. The summed E-state index contributed by atoms with van der Waals surface area (Å²) in [5, 5.41) is 8.27. The van der Waals surface area contributed by atoms with E-state index in [-0.39, 0.29) is 0 Å². The van der Waals surface area contributed by atoms with Crippen LogP contribution in [0.5, 0.6) is 0 Å². The van der Waals surface area contributed by atoms with Crippen molar-refractivity contribution in [2.75, 3.05) is 18.7 Å². The molecule has 1 heterocycles. The third-order valence-corrected chi connectivity index (χ3v) is 1.74. The minimum Gasteiger partial charge on any atom is -0.480 e. The standard InChI is InChI=1S/C5H11NO2S.CH3NO/c1-9-3-2-4(6)5(7)8;1-2-3-1/h4H,2-3,6H2,1H3,(H,7,8);2H,1H2. The first-order valence-electron chi connectivity index (χ1n) is 3.50. The van der Waals surface area contributed by atoms with Crippen molar-refractivity contribution in [3.8, 4) is 0 Å². The molecule has 0 aliphatic carbocycles. The van der Waals surface area contributed by atoms with Gasteiger partial charge in [-0.05, 0) is 18.4 Å². The van der Waals surface area contributed by atoms with Crippen molar-refractivity contribution >= 4 is 17.7 Å². The Balaban J connectivity index is 0.000000330. The van der Waals surface area contributed by atoms with Gasteiger partial charge in [0, 0.05) is 0 Å². The van der Waals surface area contributed by atoms with Crippen molar-refractivity contribution in [3.05, 3.63) is 0 Å². The fourth-order valence-electron chi connectivity index (χ4n) is 0.368. The number of carboxylic acids is 1. The van der Waals surface area contributed by atoms with E-state index in [0.29, 0.717) is 6.42 Å². The summed E-state index contributed by atoms with van der Waals surface area (Å²) in [5.74, 6) is -0.1000. The van der Waals surface area contributed by atoms with Gasteiger partial charge in [0.1, 0.15) is 12.8 Å². The lowest BCUT2D eigenvalue weighted by molar-refractivity contribution is -0.138. The second kappa shape index (κ2) is 7.35. The van der Waals surface area contributed by atoms with Crippen LogP contribution in [0, 0.1) is 0 Å². The summed E-state index contributed by atoms with van der Waals surface area (Å²) in [6.07, 6.45) is 2.48. The molecule has 0 aromatic heterocycles. The van der Waals surface area contributed by atoms with Crippen LogP contribution in [-0.2, 0) is 9.63 Å². The van der Waals surface area contributed by atoms with Gasteiger partial charge in [-0.3, -0.25) is 9.63 Å². The predicted octanol–water partition coefficient (Wildman–Crippen LogP) is -0.370. The van der Waals surface area contributed by atoms with Gasteiger partial charge in [0.15, 0.2) is 0 Å². The van der Waals surface area contributed by atoms with Crippen LogP contribution < -0.4 is 11.2 Å². The molecule has 1 fully saturated rings. The van der Waals surface area contributed by atoms with Crippen LogP contribution in [0.15, 0.2) is 0 Å². The maximum atomic E-state index is 10.1. The minimum atomic E-state index is -0.913. The molecule has 12 heavy (non-hydrogen) atoms. The number of nitrogens with two attached hydrogens (primary N) is 1. The number of carboxylic acid groups (broad SMARTS) is 1. The molecule has 72 valence electrons. The Morgan fingerprint density at radius 2 is 2.42 bits per heavy atom. The van der Waals surface area contributed by atoms with E-state index in [1.807, 2.05) is 6.26 Å². The third-order valence-electron chi connectivity index (χ3n) is 1.09. The fraction of sp³-hybridized carbons (Fsp3) is 0.833. The predicted molar refractivity (Wildman–Crippen MR) is 47.7 cm³/mol. The number of nitrogens with one attached hydrogen (secondary N) is 1. The largest absolute Gasteiger partial charge is 0.480 e. The van der Waals surface area contributed by atoms with Gasteiger partial charge in [-0.2, -0.15) is 17.2 Å². The first-order chi connectivity index (χ1) is 5.68. The van der Waals surface area contributed by atoms with Crippen molar-refractivity contribution in [2.45, 2.75) is 12.5 Å². The molecule has 1 rings (SSSR count). The Bertz CT molecular complexity index is 129. The molecule has 1 atom stereocenters. The highest BCUT2D eigenvalue weighted by molar-refractivity contribution is 7.98. The first-order valence-corrected chi connectivity index (χ1v) is 4.90. The zero-order valence-corrected chi connectivity index (χ0v) is 7.76. The molecule has 0 saturated carbocycles. The Kier molecular flexibility index (Phi) is 7.17. The quantitative estimate of drug-likeness (QED) is 0.528. The van der Waals surface area contributed by atoms with Gasteiger partial charge < -0.3 is 10.8 Å². The highest BCUT2D eigenvalue weighted by atomic mass is 32.2. The molecule has 5 nitrogen and oxygen atoms in total. The van der Waals surface area contributed by atoms with Crippen LogP contribution in [0.3, 0.4) is 0 Å². The van der Waals surface area contributed by atoms with Gasteiger partial charge in [0.05, 0.1) is 0 Å². The van der Waals surface area contributed by atoms with E-state index in [9.17, 15) is 4.79 Å². The maximum absolute atomic E-state index is 10.1. The molecule has 1 unspecified atom stereocenters. The average molecular weight is 194 g/mol. The molecule has 1 aliphatic heterocycles. The van der Waals surface area contributed by atoms with E-state index in [0.717, 1.165) is 12.5 Å². The topological polar surface area (TPSA) is 97.8 Å². The molecule has 0 amide bonds. The van der Waals surface area contributed by atoms with E-state index in [1.54, 1.807) is 11.8 Å². The van der Waals surface area contributed by atoms with Gasteiger partial charge in [-0.1, -0.05) is 0 Å².